The molecule has 1 saturated carbocycles. The zero-order valence-corrected chi connectivity index (χ0v) is 12.0. The molecule has 4 rings (SSSR count). The molecule has 20 heavy (non-hydrogen) atoms. The van der Waals surface area contributed by atoms with E-state index in [0.717, 1.165) is 12.8 Å². The first-order chi connectivity index (χ1) is 9.56. The van der Waals surface area contributed by atoms with Gasteiger partial charge in [-0.15, -0.1) is 0 Å². The van der Waals surface area contributed by atoms with E-state index < -0.39 is 42.6 Å². The zero-order valence-electron chi connectivity index (χ0n) is 12.0. The van der Waals surface area contributed by atoms with Crippen molar-refractivity contribution in [3.05, 3.63) is 0 Å². The van der Waals surface area contributed by atoms with E-state index in [0.29, 0.717) is 6.61 Å². The molecule has 6 heteroatoms. The van der Waals surface area contributed by atoms with Crippen LogP contribution in [0.15, 0.2) is 0 Å². The second kappa shape index (κ2) is 5.51. The molecule has 0 aromatic carbocycles. The van der Waals surface area contributed by atoms with Crippen LogP contribution < -0.4 is 0 Å². The van der Waals surface area contributed by atoms with Gasteiger partial charge in [-0.25, -0.2) is 0 Å². The minimum absolute atomic E-state index is 0.435. The number of hydrogen-bond acceptors (Lipinski definition) is 6. The summed E-state index contributed by atoms with van der Waals surface area (Å²) in [5.41, 5.74) is 0. The quantitative estimate of drug-likeness (QED) is 0.695. The fraction of sp³-hybridized carbons (Fsp3) is 1.00. The van der Waals surface area contributed by atoms with Gasteiger partial charge in [0.15, 0.2) is 0 Å². The van der Waals surface area contributed by atoms with Gasteiger partial charge >= 0.3 is 0 Å². The fourth-order valence-corrected chi connectivity index (χ4v) is 3.33. The lowest BCUT2D eigenvalue weighted by molar-refractivity contribution is -0.533. The number of unbranched alkanes of at least 4 members (excludes halogenated alkanes) is 3. The Morgan fingerprint density at radius 2 is 1.55 bits per heavy atom. The largest absolute Gasteiger partial charge is 0.387 e. The average Bonchev–Trinajstić information content (AvgIpc) is 2.42. The summed E-state index contributed by atoms with van der Waals surface area (Å²) in [4.78, 5) is 0. The van der Waals surface area contributed by atoms with Crippen LogP contribution in [0.4, 0.5) is 0 Å². The fourth-order valence-electron chi connectivity index (χ4n) is 3.33. The van der Waals surface area contributed by atoms with Crippen molar-refractivity contribution in [3.8, 4) is 0 Å². The van der Waals surface area contributed by atoms with Crippen molar-refractivity contribution >= 4 is 0 Å². The molecule has 1 aliphatic carbocycles. The van der Waals surface area contributed by atoms with Gasteiger partial charge in [0, 0.05) is 13.5 Å². The van der Waals surface area contributed by atoms with Crippen molar-refractivity contribution in [1.82, 2.24) is 0 Å². The highest BCUT2D eigenvalue weighted by Crippen LogP contribution is 2.45. The normalized spacial score (nSPS) is 49.8. The molecule has 4 aliphatic rings. The predicted octanol–water partition coefficient (Wildman–Crippen LogP) is 0.544. The summed E-state index contributed by atoms with van der Waals surface area (Å²) in [6, 6.07) is 0. The highest BCUT2D eigenvalue weighted by atomic mass is 16.9. The summed E-state index contributed by atoms with van der Waals surface area (Å²) in [6.07, 6.45) is 0.620. The lowest BCUT2D eigenvalue weighted by Gasteiger charge is -2.60. The Bertz CT molecular complexity index is 329. The SMILES string of the molecule is CCCCCCOC1C2OC3(C)OC(C2O)C(O)C1O3. The lowest BCUT2D eigenvalue weighted by atomic mass is 9.82. The third-order valence-electron chi connectivity index (χ3n) is 4.35. The number of aliphatic hydroxyl groups is 2. The molecular weight excluding hydrogens is 264 g/mol. The first kappa shape index (κ1) is 14.7. The molecule has 116 valence electrons. The van der Waals surface area contributed by atoms with E-state index in [2.05, 4.69) is 6.92 Å². The number of rotatable bonds is 6. The monoisotopic (exact) mass is 288 g/mol. The zero-order chi connectivity index (χ0) is 14.3. The second-order valence-electron chi connectivity index (χ2n) is 5.99. The van der Waals surface area contributed by atoms with Crippen molar-refractivity contribution in [2.45, 2.75) is 82.1 Å². The van der Waals surface area contributed by atoms with Crippen LogP contribution in [0.2, 0.25) is 0 Å². The van der Waals surface area contributed by atoms with Crippen LogP contribution in [0, 0.1) is 0 Å². The Labute approximate surface area is 119 Å². The van der Waals surface area contributed by atoms with Crippen molar-refractivity contribution in [3.63, 3.8) is 0 Å². The Balaban J connectivity index is 1.61. The molecule has 0 aromatic rings. The third-order valence-corrected chi connectivity index (χ3v) is 4.35. The maximum Gasteiger partial charge on any atom is 0.281 e. The van der Waals surface area contributed by atoms with Gasteiger partial charge in [-0.3, -0.25) is 0 Å². The average molecular weight is 288 g/mol. The van der Waals surface area contributed by atoms with Crippen LogP contribution >= 0.6 is 0 Å². The van der Waals surface area contributed by atoms with Crippen LogP contribution in [0.25, 0.3) is 0 Å². The molecule has 4 bridgehead atoms. The minimum Gasteiger partial charge on any atom is -0.387 e. The second-order valence-corrected chi connectivity index (χ2v) is 5.99. The predicted molar refractivity (Wildman–Crippen MR) is 68.9 cm³/mol. The van der Waals surface area contributed by atoms with Crippen molar-refractivity contribution < 1.29 is 29.2 Å². The van der Waals surface area contributed by atoms with Gasteiger partial charge < -0.3 is 29.2 Å². The molecule has 6 nitrogen and oxygen atoms in total. The van der Waals surface area contributed by atoms with Crippen LogP contribution in [0.5, 0.6) is 0 Å². The molecule has 3 heterocycles. The van der Waals surface area contributed by atoms with Gasteiger partial charge in [-0.2, -0.15) is 0 Å². The molecule has 0 amide bonds. The molecule has 4 unspecified atom stereocenters. The number of ether oxygens (including phenoxy) is 4. The molecule has 4 atom stereocenters. The third kappa shape index (κ3) is 2.38. The van der Waals surface area contributed by atoms with Gasteiger partial charge in [0.05, 0.1) is 0 Å². The van der Waals surface area contributed by atoms with E-state index in [1.165, 1.54) is 12.8 Å². The van der Waals surface area contributed by atoms with E-state index >= 15 is 0 Å². The molecule has 3 aliphatic heterocycles. The van der Waals surface area contributed by atoms with Crippen LogP contribution in [-0.4, -0.2) is 59.4 Å². The van der Waals surface area contributed by atoms with E-state index in [1.54, 1.807) is 6.92 Å². The van der Waals surface area contributed by atoms with Gasteiger partial charge in [-0.05, 0) is 6.42 Å². The maximum atomic E-state index is 10.2. The van der Waals surface area contributed by atoms with Gasteiger partial charge in [0.2, 0.25) is 0 Å². The highest BCUT2D eigenvalue weighted by molar-refractivity contribution is 5.07. The molecular formula is C14H24O6. The summed E-state index contributed by atoms with van der Waals surface area (Å²) in [6.45, 7) is 4.41. The maximum absolute atomic E-state index is 10.2. The van der Waals surface area contributed by atoms with Gasteiger partial charge in [-0.1, -0.05) is 26.2 Å². The summed E-state index contributed by atoms with van der Waals surface area (Å²) in [5, 5.41) is 20.4. The van der Waals surface area contributed by atoms with Crippen molar-refractivity contribution in [2.75, 3.05) is 6.61 Å². The molecule has 0 aromatic heterocycles. The Morgan fingerprint density at radius 3 is 2.15 bits per heavy atom. The van der Waals surface area contributed by atoms with E-state index in [-0.39, 0.29) is 0 Å². The summed E-state index contributed by atoms with van der Waals surface area (Å²) >= 11 is 0. The minimum atomic E-state index is -1.17. The smallest absolute Gasteiger partial charge is 0.281 e. The molecule has 2 N–H and O–H groups in total. The first-order valence-corrected chi connectivity index (χ1v) is 7.57. The van der Waals surface area contributed by atoms with Crippen molar-refractivity contribution in [1.29, 1.82) is 0 Å². The summed E-state index contributed by atoms with van der Waals surface area (Å²) in [5.74, 6) is -1.17. The summed E-state index contributed by atoms with van der Waals surface area (Å²) < 4.78 is 22.5. The first-order valence-electron chi connectivity index (χ1n) is 7.57. The number of aliphatic hydroxyl groups excluding tert-OH is 2. The topological polar surface area (TPSA) is 77.4 Å². The number of hydrogen-bond donors (Lipinski definition) is 2. The molecule has 0 spiro atoms. The summed E-state index contributed by atoms with van der Waals surface area (Å²) in [7, 11) is 0. The van der Waals surface area contributed by atoms with E-state index in [1.807, 2.05) is 0 Å². The molecule has 3 saturated heterocycles. The highest BCUT2D eigenvalue weighted by Gasteiger charge is 2.65. The van der Waals surface area contributed by atoms with Crippen LogP contribution in [0.3, 0.4) is 0 Å². The Hall–Kier alpha value is -0.240. The van der Waals surface area contributed by atoms with Crippen LogP contribution in [-0.2, 0) is 18.9 Å². The van der Waals surface area contributed by atoms with Gasteiger partial charge in [0.25, 0.3) is 5.97 Å². The molecule has 4 fully saturated rings. The van der Waals surface area contributed by atoms with Gasteiger partial charge in [0.1, 0.15) is 36.6 Å². The Kier molecular flexibility index (Phi) is 4.05. The lowest BCUT2D eigenvalue weighted by Crippen LogP contribution is -2.78. The van der Waals surface area contributed by atoms with E-state index in [4.69, 9.17) is 18.9 Å². The Morgan fingerprint density at radius 1 is 0.950 bits per heavy atom. The van der Waals surface area contributed by atoms with E-state index in [9.17, 15) is 10.2 Å². The standard InChI is InChI=1S/C14H24O6/c1-3-4-5-6-7-17-13-11-8(15)10-9(16)12(13)20-14(2,18-10)19-11/h8-13,15-16H,3-7H2,1-2H3. The molecule has 0 radical (unpaired) electrons. The van der Waals surface area contributed by atoms with Crippen LogP contribution in [0.1, 0.15) is 39.5 Å². The van der Waals surface area contributed by atoms with Crippen molar-refractivity contribution in [2.24, 2.45) is 0 Å².